The maximum absolute atomic E-state index is 12.0. The minimum absolute atomic E-state index is 0.268. The number of ketones is 1. The van der Waals surface area contributed by atoms with Crippen molar-refractivity contribution in [3.05, 3.63) is 23.8 Å². The van der Waals surface area contributed by atoms with Crippen LogP contribution >= 0.6 is 0 Å². The molecule has 0 bridgehead atoms. The third-order valence-corrected chi connectivity index (χ3v) is 2.89. The molecule has 1 aliphatic rings. The van der Waals surface area contributed by atoms with Crippen LogP contribution in [0.15, 0.2) is 18.2 Å². The topological polar surface area (TPSA) is 72.9 Å². The van der Waals surface area contributed by atoms with E-state index in [9.17, 15) is 14.4 Å². The van der Waals surface area contributed by atoms with Crippen molar-refractivity contribution >= 4 is 23.3 Å². The Morgan fingerprint density at radius 2 is 1.90 bits per heavy atom. The monoisotopic (exact) mass is 291 g/mol. The van der Waals surface area contributed by atoms with Crippen molar-refractivity contribution in [3.63, 3.8) is 0 Å². The van der Waals surface area contributed by atoms with Gasteiger partial charge in [0, 0.05) is 6.07 Å². The van der Waals surface area contributed by atoms with Gasteiger partial charge in [0.1, 0.15) is 17.9 Å². The third-order valence-electron chi connectivity index (χ3n) is 2.89. The molecule has 0 saturated heterocycles. The Morgan fingerprint density at radius 1 is 1.24 bits per heavy atom. The van der Waals surface area contributed by atoms with E-state index in [0.717, 1.165) is 4.90 Å². The van der Waals surface area contributed by atoms with Gasteiger partial charge in [-0.2, -0.15) is 0 Å². The molecule has 1 aliphatic heterocycles. The number of carbonyl (C=O) groups excluding carboxylic acids is 3. The maximum atomic E-state index is 12.0. The van der Waals surface area contributed by atoms with Crippen LogP contribution in [0.4, 0.5) is 5.69 Å². The summed E-state index contributed by atoms with van der Waals surface area (Å²) in [6, 6.07) is 4.67. The van der Waals surface area contributed by atoms with E-state index in [1.807, 2.05) is 0 Å². The lowest BCUT2D eigenvalue weighted by Gasteiger charge is -2.22. The molecule has 6 nitrogen and oxygen atoms in total. The van der Waals surface area contributed by atoms with Gasteiger partial charge in [-0.1, -0.05) is 0 Å². The van der Waals surface area contributed by atoms with E-state index < -0.39 is 23.3 Å². The van der Waals surface area contributed by atoms with Crippen LogP contribution in [0.3, 0.4) is 0 Å². The predicted molar refractivity (Wildman–Crippen MR) is 75.5 cm³/mol. The highest BCUT2D eigenvalue weighted by Crippen LogP contribution is 2.32. The molecule has 1 heterocycles. The zero-order chi connectivity index (χ0) is 15.8. The van der Waals surface area contributed by atoms with Crippen molar-refractivity contribution in [1.82, 2.24) is 0 Å². The van der Waals surface area contributed by atoms with Crippen LogP contribution in [0.5, 0.6) is 5.75 Å². The number of esters is 1. The molecule has 0 atom stereocenters. The van der Waals surface area contributed by atoms with Crippen LogP contribution in [0.2, 0.25) is 0 Å². The molecule has 1 aromatic rings. The van der Waals surface area contributed by atoms with Gasteiger partial charge >= 0.3 is 5.97 Å². The summed E-state index contributed by atoms with van der Waals surface area (Å²) in [6.07, 6.45) is 0. The molecule has 21 heavy (non-hydrogen) atoms. The fourth-order valence-electron chi connectivity index (χ4n) is 2.06. The molecule has 0 radical (unpaired) electrons. The van der Waals surface area contributed by atoms with Gasteiger partial charge in [-0.15, -0.1) is 0 Å². The molecule has 0 fully saturated rings. The van der Waals surface area contributed by atoms with Crippen LogP contribution in [-0.4, -0.2) is 36.9 Å². The quantitative estimate of drug-likeness (QED) is 0.624. The van der Waals surface area contributed by atoms with Gasteiger partial charge in [0.2, 0.25) is 0 Å². The highest BCUT2D eigenvalue weighted by Gasteiger charge is 2.37. The fourth-order valence-corrected chi connectivity index (χ4v) is 2.06. The zero-order valence-corrected chi connectivity index (χ0v) is 12.4. The van der Waals surface area contributed by atoms with Gasteiger partial charge in [-0.3, -0.25) is 19.3 Å². The third kappa shape index (κ3) is 3.04. The average molecular weight is 291 g/mol. The number of nitrogens with zero attached hydrogens (tertiary/aromatic N) is 1. The second-order valence-corrected chi connectivity index (χ2v) is 5.69. The number of amides is 1. The summed E-state index contributed by atoms with van der Waals surface area (Å²) in [4.78, 5) is 36.9. The summed E-state index contributed by atoms with van der Waals surface area (Å²) in [5.41, 5.74) is -0.0132. The van der Waals surface area contributed by atoms with E-state index in [2.05, 4.69) is 0 Å². The summed E-state index contributed by atoms with van der Waals surface area (Å²) in [7, 11) is 1.48. The molecule has 0 aromatic heterocycles. The van der Waals surface area contributed by atoms with Crippen molar-refractivity contribution in [2.24, 2.45) is 0 Å². The number of Topliss-reactive ketones (excluding diaryl/α,β-unsaturated/α-hetero) is 1. The lowest BCUT2D eigenvalue weighted by atomic mass is 10.1. The Balaban J connectivity index is 2.28. The molecule has 2 rings (SSSR count). The van der Waals surface area contributed by atoms with E-state index in [-0.39, 0.29) is 12.1 Å². The SMILES string of the molecule is COc1ccc2c(c1)N(CC(=O)OC(C)(C)C)C(=O)C2=O. The Labute approximate surface area is 122 Å². The van der Waals surface area contributed by atoms with Crippen LogP contribution in [-0.2, 0) is 14.3 Å². The Bertz CT molecular complexity index is 615. The van der Waals surface area contributed by atoms with E-state index in [1.54, 1.807) is 32.9 Å². The van der Waals surface area contributed by atoms with Crippen molar-refractivity contribution in [2.75, 3.05) is 18.6 Å². The number of hydrogen-bond donors (Lipinski definition) is 0. The molecule has 1 aromatic carbocycles. The summed E-state index contributed by atoms with van der Waals surface area (Å²) in [5.74, 6) is -1.43. The van der Waals surface area contributed by atoms with Gasteiger partial charge < -0.3 is 9.47 Å². The molecule has 1 amide bonds. The second-order valence-electron chi connectivity index (χ2n) is 5.69. The molecule has 6 heteroatoms. The number of anilines is 1. The highest BCUT2D eigenvalue weighted by atomic mass is 16.6. The average Bonchev–Trinajstić information content (AvgIpc) is 2.61. The first-order chi connectivity index (χ1) is 9.73. The van der Waals surface area contributed by atoms with Crippen molar-refractivity contribution in [3.8, 4) is 5.75 Å². The van der Waals surface area contributed by atoms with E-state index >= 15 is 0 Å². The number of carbonyl (C=O) groups is 3. The predicted octanol–water partition coefficient (Wildman–Crippen LogP) is 1.57. The molecule has 0 unspecified atom stereocenters. The fraction of sp³-hybridized carbons (Fsp3) is 0.400. The first-order valence-electron chi connectivity index (χ1n) is 6.49. The summed E-state index contributed by atoms with van der Waals surface area (Å²) < 4.78 is 10.3. The number of hydrogen-bond acceptors (Lipinski definition) is 5. The maximum Gasteiger partial charge on any atom is 0.326 e. The highest BCUT2D eigenvalue weighted by molar-refractivity contribution is 6.52. The lowest BCUT2D eigenvalue weighted by Crippen LogP contribution is -2.38. The molecule has 0 N–H and O–H groups in total. The zero-order valence-electron chi connectivity index (χ0n) is 12.4. The van der Waals surface area contributed by atoms with Crippen LogP contribution in [0, 0.1) is 0 Å². The Morgan fingerprint density at radius 3 is 2.48 bits per heavy atom. The van der Waals surface area contributed by atoms with Gasteiger partial charge in [-0.25, -0.2) is 0 Å². The van der Waals surface area contributed by atoms with Crippen LogP contribution in [0.1, 0.15) is 31.1 Å². The molecule has 112 valence electrons. The summed E-state index contributed by atoms with van der Waals surface area (Å²) in [6.45, 7) is 4.90. The summed E-state index contributed by atoms with van der Waals surface area (Å²) in [5, 5.41) is 0. The largest absolute Gasteiger partial charge is 0.497 e. The number of methoxy groups -OCH3 is 1. The minimum Gasteiger partial charge on any atom is -0.497 e. The molecule has 0 aliphatic carbocycles. The van der Waals surface area contributed by atoms with Gasteiger partial charge in [0.25, 0.3) is 11.7 Å². The number of fused-ring (bicyclic) bond motifs is 1. The lowest BCUT2D eigenvalue weighted by molar-refractivity contribution is -0.153. The van der Waals surface area contributed by atoms with Gasteiger partial charge in [0.15, 0.2) is 0 Å². The number of ether oxygens (including phenoxy) is 2. The smallest absolute Gasteiger partial charge is 0.326 e. The van der Waals surface area contributed by atoms with Crippen molar-refractivity contribution in [2.45, 2.75) is 26.4 Å². The molecular weight excluding hydrogens is 274 g/mol. The standard InChI is InChI=1S/C15H17NO5/c1-15(2,3)21-12(17)8-16-11-7-9(20-4)5-6-10(11)13(18)14(16)19/h5-7H,8H2,1-4H3. The van der Waals surface area contributed by atoms with Crippen LogP contribution < -0.4 is 9.64 Å². The van der Waals surface area contributed by atoms with E-state index in [0.29, 0.717) is 11.4 Å². The van der Waals surface area contributed by atoms with Crippen molar-refractivity contribution < 1.29 is 23.9 Å². The molecular formula is C15H17NO5. The first-order valence-corrected chi connectivity index (χ1v) is 6.49. The Hall–Kier alpha value is -2.37. The molecule has 0 saturated carbocycles. The number of benzene rings is 1. The summed E-state index contributed by atoms with van der Waals surface area (Å²) >= 11 is 0. The number of rotatable bonds is 3. The van der Waals surface area contributed by atoms with Gasteiger partial charge in [-0.05, 0) is 32.9 Å². The van der Waals surface area contributed by atoms with Crippen LogP contribution in [0.25, 0.3) is 0 Å². The van der Waals surface area contributed by atoms with E-state index in [4.69, 9.17) is 9.47 Å². The first kappa shape index (κ1) is 15.0. The second kappa shape index (κ2) is 5.20. The Kier molecular flexibility index (Phi) is 3.72. The van der Waals surface area contributed by atoms with E-state index in [1.165, 1.54) is 13.2 Å². The minimum atomic E-state index is -0.732. The molecule has 0 spiro atoms. The van der Waals surface area contributed by atoms with Gasteiger partial charge in [0.05, 0.1) is 18.4 Å². The van der Waals surface area contributed by atoms with Crippen molar-refractivity contribution in [1.29, 1.82) is 0 Å². The normalized spacial score (nSPS) is 14.2.